The van der Waals surface area contributed by atoms with Crippen LogP contribution in [0.4, 0.5) is 5.69 Å². The average Bonchev–Trinajstić information content (AvgIpc) is 3.44. The minimum Gasteiger partial charge on any atom is -0.493 e. The fraction of sp³-hybridized carbons (Fsp3) is 0.0909. The number of aromatic nitrogens is 2. The van der Waals surface area contributed by atoms with E-state index >= 15 is 0 Å². The second-order valence-electron chi connectivity index (χ2n) is 9.72. The first-order valence-corrected chi connectivity index (χ1v) is 13.7. The van der Waals surface area contributed by atoms with E-state index < -0.39 is 0 Å². The number of anilines is 1. The van der Waals surface area contributed by atoms with Crippen molar-refractivity contribution in [1.82, 2.24) is 9.66 Å². The summed E-state index contributed by atoms with van der Waals surface area (Å²) in [7, 11) is 1.50. The lowest BCUT2D eigenvalue weighted by atomic mass is 10.2. The Bertz CT molecular complexity index is 2070. The number of halogens is 1. The topological polar surface area (TPSA) is 108 Å². The van der Waals surface area contributed by atoms with Gasteiger partial charge in [0.15, 0.2) is 23.9 Å². The number of methoxy groups -OCH3 is 1. The maximum atomic E-state index is 13.6. The monoisotopic (exact) mass is 592 g/mol. The Hall–Kier alpha value is -5.41. The van der Waals surface area contributed by atoms with Crippen molar-refractivity contribution in [1.29, 1.82) is 0 Å². The van der Waals surface area contributed by atoms with Gasteiger partial charge in [0.25, 0.3) is 11.5 Å². The Morgan fingerprint density at radius 2 is 1.84 bits per heavy atom. The molecular formula is C33H25ClN4O5. The molecule has 43 heavy (non-hydrogen) atoms. The second-order valence-corrected chi connectivity index (χ2v) is 10.2. The quantitative estimate of drug-likeness (QED) is 0.198. The molecule has 2 aromatic heterocycles. The number of furan rings is 1. The van der Waals surface area contributed by atoms with Gasteiger partial charge in [0.1, 0.15) is 5.58 Å². The third kappa shape index (κ3) is 5.98. The Morgan fingerprint density at radius 1 is 1.02 bits per heavy atom. The molecule has 4 aromatic carbocycles. The van der Waals surface area contributed by atoms with Crippen LogP contribution in [0.15, 0.2) is 105 Å². The zero-order chi connectivity index (χ0) is 29.9. The highest BCUT2D eigenvalue weighted by atomic mass is 35.5. The molecule has 6 rings (SSSR count). The van der Waals surface area contributed by atoms with Crippen LogP contribution in [0.5, 0.6) is 11.5 Å². The number of hydrogen-bond acceptors (Lipinski definition) is 7. The summed E-state index contributed by atoms with van der Waals surface area (Å²) in [6.07, 6.45) is 1.51. The fourth-order valence-electron chi connectivity index (χ4n) is 4.50. The number of hydrogen-bond donors (Lipinski definition) is 1. The number of fused-ring (bicyclic) bond motifs is 2. The summed E-state index contributed by atoms with van der Waals surface area (Å²) in [5.41, 5.74) is 3.16. The molecule has 0 bridgehead atoms. The molecule has 0 spiro atoms. The Balaban J connectivity index is 1.28. The molecule has 9 nitrogen and oxygen atoms in total. The summed E-state index contributed by atoms with van der Waals surface area (Å²) in [6, 6.07) is 26.7. The number of carbonyl (C=O) groups is 1. The second kappa shape index (κ2) is 11.8. The standard InChI is InChI=1S/C33H25ClN4O5/c1-20-7-11-24(12-8-20)36-31(39)19-42-28-13-9-21(15-29(28)41-2)18-35-38-32(37-26-6-4-3-5-25(26)33(38)40)30-17-22-16-23(34)10-14-27(22)43-30/h3-18H,19H2,1-2H3,(H,36,39). The molecule has 0 aliphatic rings. The third-order valence-corrected chi connectivity index (χ3v) is 6.89. The van der Waals surface area contributed by atoms with E-state index in [-0.39, 0.29) is 23.9 Å². The SMILES string of the molecule is COc1cc(C=Nn2c(-c3cc4cc(Cl)ccc4o3)nc3ccccc3c2=O)ccc1OCC(=O)Nc1ccc(C)cc1. The average molecular weight is 593 g/mol. The van der Waals surface area contributed by atoms with Crippen molar-refractivity contribution in [3.8, 4) is 23.1 Å². The predicted octanol–water partition coefficient (Wildman–Crippen LogP) is 6.68. The number of nitrogens with zero attached hydrogens (tertiary/aromatic N) is 3. The minimum absolute atomic E-state index is 0.206. The van der Waals surface area contributed by atoms with Crippen LogP contribution in [-0.4, -0.2) is 35.5 Å². The number of rotatable bonds is 8. The van der Waals surface area contributed by atoms with Gasteiger partial charge >= 0.3 is 0 Å². The van der Waals surface area contributed by atoms with Crippen molar-refractivity contribution >= 4 is 51.3 Å². The molecule has 0 aliphatic carbocycles. The first-order valence-electron chi connectivity index (χ1n) is 13.3. The number of aryl methyl sites for hydroxylation is 1. The highest BCUT2D eigenvalue weighted by Gasteiger charge is 2.17. The molecule has 0 unspecified atom stereocenters. The summed E-state index contributed by atoms with van der Waals surface area (Å²) in [4.78, 5) is 30.6. The fourth-order valence-corrected chi connectivity index (χ4v) is 4.68. The summed E-state index contributed by atoms with van der Waals surface area (Å²) in [5, 5.41) is 9.04. The van der Waals surface area contributed by atoms with Gasteiger partial charge in [0.2, 0.25) is 5.82 Å². The first kappa shape index (κ1) is 27.7. The first-order chi connectivity index (χ1) is 20.9. The smallest absolute Gasteiger partial charge is 0.282 e. The van der Waals surface area contributed by atoms with Crippen LogP contribution >= 0.6 is 11.6 Å². The summed E-state index contributed by atoms with van der Waals surface area (Å²) in [6.45, 7) is 1.77. The number of nitrogens with one attached hydrogen (secondary N) is 1. The maximum absolute atomic E-state index is 13.6. The van der Waals surface area contributed by atoms with Crippen LogP contribution < -0.4 is 20.3 Å². The van der Waals surface area contributed by atoms with Crippen molar-refractivity contribution in [3.63, 3.8) is 0 Å². The molecule has 0 radical (unpaired) electrons. The number of para-hydroxylation sites is 1. The Kier molecular flexibility index (Phi) is 7.63. The normalized spacial score (nSPS) is 11.3. The number of amides is 1. The molecule has 1 amide bonds. The van der Waals surface area contributed by atoms with E-state index in [1.54, 1.807) is 60.7 Å². The van der Waals surface area contributed by atoms with Crippen LogP contribution in [0.3, 0.4) is 0 Å². The molecule has 6 aromatic rings. The van der Waals surface area contributed by atoms with E-state index in [1.165, 1.54) is 18.0 Å². The molecule has 0 saturated heterocycles. The zero-order valence-corrected chi connectivity index (χ0v) is 24.0. The van der Waals surface area contributed by atoms with Crippen molar-refractivity contribution < 1.29 is 18.7 Å². The van der Waals surface area contributed by atoms with Crippen LogP contribution in [0, 0.1) is 6.92 Å². The zero-order valence-electron chi connectivity index (χ0n) is 23.2. The highest BCUT2D eigenvalue weighted by molar-refractivity contribution is 6.31. The minimum atomic E-state index is -0.359. The molecule has 214 valence electrons. The molecule has 1 N–H and O–H groups in total. The molecule has 0 aliphatic heterocycles. The third-order valence-electron chi connectivity index (χ3n) is 6.66. The van der Waals surface area contributed by atoms with Gasteiger partial charge in [-0.2, -0.15) is 9.78 Å². The van der Waals surface area contributed by atoms with E-state index in [0.717, 1.165) is 10.9 Å². The van der Waals surface area contributed by atoms with E-state index in [4.69, 9.17) is 30.5 Å². The largest absolute Gasteiger partial charge is 0.493 e. The predicted molar refractivity (Wildman–Crippen MR) is 168 cm³/mol. The summed E-state index contributed by atoms with van der Waals surface area (Å²) < 4.78 is 18.4. The van der Waals surface area contributed by atoms with Gasteiger partial charge in [0, 0.05) is 16.1 Å². The van der Waals surface area contributed by atoms with Gasteiger partial charge in [-0.15, -0.1) is 0 Å². The lowest BCUT2D eigenvalue weighted by Crippen LogP contribution is -2.20. The maximum Gasteiger partial charge on any atom is 0.282 e. The van der Waals surface area contributed by atoms with Crippen LogP contribution in [0.1, 0.15) is 11.1 Å². The molecular weight excluding hydrogens is 568 g/mol. The van der Waals surface area contributed by atoms with Crippen LogP contribution in [0.2, 0.25) is 5.02 Å². The van der Waals surface area contributed by atoms with Gasteiger partial charge < -0.3 is 19.2 Å². The lowest BCUT2D eigenvalue weighted by Gasteiger charge is -2.12. The van der Waals surface area contributed by atoms with E-state index in [9.17, 15) is 9.59 Å². The van der Waals surface area contributed by atoms with E-state index in [2.05, 4.69) is 10.4 Å². The summed E-state index contributed by atoms with van der Waals surface area (Å²) in [5.74, 6) is 1.07. The number of ether oxygens (including phenoxy) is 2. The van der Waals surface area contributed by atoms with Gasteiger partial charge in [-0.25, -0.2) is 4.98 Å². The Morgan fingerprint density at radius 3 is 2.65 bits per heavy atom. The van der Waals surface area contributed by atoms with Gasteiger partial charge in [-0.3, -0.25) is 9.59 Å². The molecule has 0 atom stereocenters. The number of carbonyl (C=O) groups excluding carboxylic acids is 1. The van der Waals surface area contributed by atoms with Crippen molar-refractivity contribution in [2.75, 3.05) is 19.0 Å². The van der Waals surface area contributed by atoms with E-state index in [0.29, 0.717) is 50.0 Å². The summed E-state index contributed by atoms with van der Waals surface area (Å²) >= 11 is 6.16. The van der Waals surface area contributed by atoms with Gasteiger partial charge in [-0.05, 0) is 79.2 Å². The lowest BCUT2D eigenvalue weighted by molar-refractivity contribution is -0.118. The van der Waals surface area contributed by atoms with Crippen molar-refractivity contribution in [2.45, 2.75) is 6.92 Å². The van der Waals surface area contributed by atoms with Crippen LogP contribution in [-0.2, 0) is 4.79 Å². The van der Waals surface area contributed by atoms with Crippen molar-refractivity contribution in [3.05, 3.63) is 117 Å². The number of benzene rings is 4. The van der Waals surface area contributed by atoms with Crippen molar-refractivity contribution in [2.24, 2.45) is 5.10 Å². The molecule has 0 fully saturated rings. The van der Waals surface area contributed by atoms with Crippen LogP contribution in [0.25, 0.3) is 33.5 Å². The molecule has 0 saturated carbocycles. The highest BCUT2D eigenvalue weighted by Crippen LogP contribution is 2.30. The molecule has 2 heterocycles. The Labute approximate surface area is 251 Å². The molecule has 10 heteroatoms. The van der Waals surface area contributed by atoms with Gasteiger partial charge in [-0.1, -0.05) is 41.4 Å². The van der Waals surface area contributed by atoms with E-state index in [1.807, 2.05) is 37.3 Å². The van der Waals surface area contributed by atoms with Gasteiger partial charge in [0.05, 0.1) is 24.2 Å².